The van der Waals surface area contributed by atoms with E-state index in [1.807, 2.05) is 26.0 Å². The van der Waals surface area contributed by atoms with Crippen LogP contribution in [-0.2, 0) is 29.0 Å². The molecule has 2 aromatic carbocycles. The van der Waals surface area contributed by atoms with Crippen LogP contribution in [-0.4, -0.2) is 53.6 Å². The maximum absolute atomic E-state index is 14.1. The molecule has 0 spiro atoms. The molecule has 0 aliphatic rings. The topological polar surface area (TPSA) is 81.7 Å². The van der Waals surface area contributed by atoms with Crippen molar-refractivity contribution in [3.63, 3.8) is 0 Å². The number of carbonyl (C=O) groups excluding carboxylic acids is 2. The van der Waals surface area contributed by atoms with Gasteiger partial charge in [0, 0.05) is 44.1 Å². The lowest BCUT2D eigenvalue weighted by atomic mass is 9.84. The summed E-state index contributed by atoms with van der Waals surface area (Å²) in [6.07, 6.45) is 2.02. The van der Waals surface area contributed by atoms with Gasteiger partial charge in [0.2, 0.25) is 11.8 Å². The van der Waals surface area contributed by atoms with Gasteiger partial charge in [-0.25, -0.2) is 8.78 Å². The Hall–Kier alpha value is -2.84. The van der Waals surface area contributed by atoms with Crippen molar-refractivity contribution in [1.29, 1.82) is 0 Å². The molecule has 0 fully saturated rings. The Kier molecular flexibility index (Phi) is 13.7. The zero-order valence-corrected chi connectivity index (χ0v) is 24.7. The van der Waals surface area contributed by atoms with Gasteiger partial charge in [-0.15, -0.1) is 0 Å². The minimum Gasteiger partial charge on any atom is -0.390 e. The van der Waals surface area contributed by atoms with E-state index in [9.17, 15) is 23.5 Å². The van der Waals surface area contributed by atoms with Crippen LogP contribution in [0.2, 0.25) is 0 Å². The molecule has 0 aliphatic heterocycles. The van der Waals surface area contributed by atoms with E-state index in [4.69, 9.17) is 0 Å². The van der Waals surface area contributed by atoms with Gasteiger partial charge in [0.05, 0.1) is 12.1 Å². The summed E-state index contributed by atoms with van der Waals surface area (Å²) in [7, 11) is 0. The number of aryl methyl sites for hydroxylation is 1. The molecule has 0 unspecified atom stereocenters. The van der Waals surface area contributed by atoms with Gasteiger partial charge in [-0.2, -0.15) is 0 Å². The largest absolute Gasteiger partial charge is 0.390 e. The standard InChI is InChI=1S/C32H47F2N3O3/c1-6-14-36-30(39)12-13-32(4,5)31(40)37(15-7-2)28(19-25-17-26(33)20-27(34)18-25)29(38)22-35-21-24-11-9-10-23(8-3)16-24/h9-11,16-18,20,28-29,35,38H,6-8,12-15,19,21-22H2,1-5H3,(H,36,39)/t28-,29+/m0/s1. The molecule has 40 heavy (non-hydrogen) atoms. The first-order chi connectivity index (χ1) is 19.0. The van der Waals surface area contributed by atoms with Crippen molar-refractivity contribution in [2.24, 2.45) is 5.41 Å². The third kappa shape index (κ3) is 10.6. The molecule has 0 aromatic heterocycles. The summed E-state index contributed by atoms with van der Waals surface area (Å²) in [6, 6.07) is 10.7. The van der Waals surface area contributed by atoms with E-state index in [0.717, 1.165) is 24.5 Å². The predicted molar refractivity (Wildman–Crippen MR) is 156 cm³/mol. The Balaban J connectivity index is 2.27. The molecule has 0 bridgehead atoms. The van der Waals surface area contributed by atoms with Crippen LogP contribution in [0.1, 0.15) is 77.0 Å². The Morgan fingerprint density at radius 1 is 0.975 bits per heavy atom. The molecule has 6 nitrogen and oxygen atoms in total. The van der Waals surface area contributed by atoms with Crippen LogP contribution in [0.15, 0.2) is 42.5 Å². The number of amides is 2. The highest BCUT2D eigenvalue weighted by molar-refractivity contribution is 5.83. The Labute approximate surface area is 238 Å². The van der Waals surface area contributed by atoms with E-state index < -0.39 is 29.2 Å². The average molecular weight is 560 g/mol. The Bertz CT molecular complexity index is 1070. The molecule has 3 N–H and O–H groups in total. The van der Waals surface area contributed by atoms with Crippen LogP contribution in [0, 0.1) is 17.0 Å². The highest BCUT2D eigenvalue weighted by Crippen LogP contribution is 2.28. The number of carbonyl (C=O) groups is 2. The molecule has 0 saturated heterocycles. The summed E-state index contributed by atoms with van der Waals surface area (Å²) in [4.78, 5) is 27.8. The van der Waals surface area contributed by atoms with Gasteiger partial charge >= 0.3 is 0 Å². The lowest BCUT2D eigenvalue weighted by Crippen LogP contribution is -2.54. The molecule has 0 heterocycles. The zero-order valence-electron chi connectivity index (χ0n) is 24.7. The minimum atomic E-state index is -1.00. The molecule has 2 aromatic rings. The molecule has 2 amide bonds. The van der Waals surface area contributed by atoms with Gasteiger partial charge in [-0.1, -0.05) is 58.9 Å². The number of nitrogens with zero attached hydrogens (tertiary/aromatic N) is 1. The van der Waals surface area contributed by atoms with Crippen LogP contribution in [0.4, 0.5) is 8.78 Å². The first-order valence-corrected chi connectivity index (χ1v) is 14.5. The second-order valence-corrected chi connectivity index (χ2v) is 11.2. The molecule has 222 valence electrons. The van der Waals surface area contributed by atoms with E-state index >= 15 is 0 Å². The fourth-order valence-electron chi connectivity index (χ4n) is 4.82. The molecule has 0 radical (unpaired) electrons. The van der Waals surface area contributed by atoms with Crippen LogP contribution in [0.3, 0.4) is 0 Å². The number of hydrogen-bond acceptors (Lipinski definition) is 4. The summed E-state index contributed by atoms with van der Waals surface area (Å²) in [5.41, 5.74) is 1.79. The Morgan fingerprint density at radius 2 is 1.65 bits per heavy atom. The van der Waals surface area contributed by atoms with Gasteiger partial charge in [0.25, 0.3) is 0 Å². The maximum Gasteiger partial charge on any atom is 0.228 e. The SMILES string of the molecule is CCCNC(=O)CCC(C)(C)C(=O)N(CCC)[C@@H](Cc1cc(F)cc(F)c1)[C@H](O)CNCc1cccc(CC)c1. The average Bonchev–Trinajstić information content (AvgIpc) is 2.91. The molecular formula is C32H47F2N3O3. The van der Waals surface area contributed by atoms with Crippen molar-refractivity contribution in [2.45, 2.75) is 91.8 Å². The lowest BCUT2D eigenvalue weighted by molar-refractivity contribution is -0.146. The summed E-state index contributed by atoms with van der Waals surface area (Å²) >= 11 is 0. The third-order valence-electron chi connectivity index (χ3n) is 7.15. The van der Waals surface area contributed by atoms with Crippen molar-refractivity contribution in [3.05, 3.63) is 70.8 Å². The monoisotopic (exact) mass is 559 g/mol. The number of aliphatic hydroxyl groups excluding tert-OH is 1. The molecular weight excluding hydrogens is 512 g/mol. The van der Waals surface area contributed by atoms with Crippen molar-refractivity contribution in [2.75, 3.05) is 19.6 Å². The zero-order chi connectivity index (χ0) is 29.7. The van der Waals surface area contributed by atoms with Crippen molar-refractivity contribution in [1.82, 2.24) is 15.5 Å². The molecule has 2 atom stereocenters. The highest BCUT2D eigenvalue weighted by atomic mass is 19.1. The number of rotatable bonds is 17. The number of benzene rings is 2. The molecule has 2 rings (SSSR count). The Morgan fingerprint density at radius 3 is 2.27 bits per heavy atom. The van der Waals surface area contributed by atoms with Crippen LogP contribution in [0.25, 0.3) is 0 Å². The number of halogens is 2. The third-order valence-corrected chi connectivity index (χ3v) is 7.15. The first-order valence-electron chi connectivity index (χ1n) is 14.5. The minimum absolute atomic E-state index is 0.0850. The van der Waals surface area contributed by atoms with E-state index in [2.05, 4.69) is 29.7 Å². The fourth-order valence-corrected chi connectivity index (χ4v) is 4.82. The van der Waals surface area contributed by atoms with E-state index in [-0.39, 0.29) is 31.2 Å². The van der Waals surface area contributed by atoms with Gasteiger partial charge in [0.15, 0.2) is 0 Å². The first kappa shape index (κ1) is 33.4. The maximum atomic E-state index is 14.1. The quantitative estimate of drug-likeness (QED) is 0.250. The van der Waals surface area contributed by atoms with Crippen LogP contribution < -0.4 is 10.6 Å². The number of hydrogen-bond donors (Lipinski definition) is 3. The molecule has 0 aliphatic carbocycles. The van der Waals surface area contributed by atoms with E-state index in [1.54, 1.807) is 18.7 Å². The highest BCUT2D eigenvalue weighted by Gasteiger charge is 2.38. The smallest absolute Gasteiger partial charge is 0.228 e. The van der Waals surface area contributed by atoms with Gasteiger partial charge < -0.3 is 20.6 Å². The number of aliphatic hydroxyl groups is 1. The van der Waals surface area contributed by atoms with Crippen molar-refractivity contribution >= 4 is 11.8 Å². The van der Waals surface area contributed by atoms with E-state index in [0.29, 0.717) is 38.0 Å². The predicted octanol–water partition coefficient (Wildman–Crippen LogP) is 5.16. The summed E-state index contributed by atoms with van der Waals surface area (Å²) in [5.74, 6) is -1.71. The summed E-state index contributed by atoms with van der Waals surface area (Å²) in [5, 5.41) is 17.5. The van der Waals surface area contributed by atoms with Crippen LogP contribution >= 0.6 is 0 Å². The van der Waals surface area contributed by atoms with Crippen molar-refractivity contribution in [3.8, 4) is 0 Å². The second kappa shape index (κ2) is 16.4. The normalized spacial score (nSPS) is 13.1. The summed E-state index contributed by atoms with van der Waals surface area (Å²) < 4.78 is 28.1. The van der Waals surface area contributed by atoms with Gasteiger partial charge in [-0.3, -0.25) is 9.59 Å². The number of nitrogens with one attached hydrogen (secondary N) is 2. The fraction of sp³-hybridized carbons (Fsp3) is 0.562. The van der Waals surface area contributed by atoms with Gasteiger partial charge in [-0.05, 0) is 60.9 Å². The van der Waals surface area contributed by atoms with Crippen molar-refractivity contribution < 1.29 is 23.5 Å². The second-order valence-electron chi connectivity index (χ2n) is 11.2. The molecule has 8 heteroatoms. The van der Waals surface area contributed by atoms with Crippen LogP contribution in [0.5, 0.6) is 0 Å². The summed E-state index contributed by atoms with van der Waals surface area (Å²) in [6.45, 7) is 11.3. The van der Waals surface area contributed by atoms with E-state index in [1.165, 1.54) is 17.7 Å². The molecule has 0 saturated carbocycles. The van der Waals surface area contributed by atoms with Gasteiger partial charge in [0.1, 0.15) is 11.6 Å². The lowest BCUT2D eigenvalue weighted by Gasteiger charge is -2.40.